The zero-order valence-corrected chi connectivity index (χ0v) is 19.5. The number of rotatable bonds is 5. The molecule has 1 N–H and O–H groups in total. The zero-order chi connectivity index (χ0) is 21.4. The van der Waals surface area contributed by atoms with Gasteiger partial charge in [0, 0.05) is 31.6 Å². The molecule has 1 aliphatic heterocycles. The van der Waals surface area contributed by atoms with Crippen LogP contribution in [0.1, 0.15) is 65.7 Å². The lowest BCUT2D eigenvalue weighted by Crippen LogP contribution is -2.52. The first-order valence-electron chi connectivity index (χ1n) is 12.2. The van der Waals surface area contributed by atoms with Gasteiger partial charge in [0.2, 0.25) is 0 Å². The van der Waals surface area contributed by atoms with Crippen molar-refractivity contribution >= 4 is 5.97 Å². The molecule has 4 heteroatoms. The lowest BCUT2D eigenvalue weighted by Gasteiger charge is -2.59. The molecule has 168 valence electrons. The summed E-state index contributed by atoms with van der Waals surface area (Å²) in [5.74, 6) is 1.28. The number of carbonyl (C=O) groups excluding carboxylic acids is 1. The van der Waals surface area contributed by atoms with Crippen LogP contribution in [0.4, 0.5) is 0 Å². The van der Waals surface area contributed by atoms with E-state index in [0.717, 1.165) is 32.6 Å². The zero-order valence-electron chi connectivity index (χ0n) is 19.5. The number of ether oxygens (including phenoxy) is 1. The van der Waals surface area contributed by atoms with Gasteiger partial charge < -0.3 is 10.1 Å². The predicted molar refractivity (Wildman–Crippen MR) is 122 cm³/mol. The molecule has 4 nitrogen and oxygen atoms in total. The Hall–Kier alpha value is -1.13. The second-order valence-electron chi connectivity index (χ2n) is 11.4. The summed E-state index contributed by atoms with van der Waals surface area (Å²) in [5.41, 5.74) is 2.34. The lowest BCUT2D eigenvalue weighted by molar-refractivity contribution is -0.154. The molecule has 30 heavy (non-hydrogen) atoms. The number of carbonyl (C=O) groups is 1. The van der Waals surface area contributed by atoms with E-state index in [2.05, 4.69) is 49.7 Å². The maximum atomic E-state index is 12.6. The number of nitrogens with one attached hydrogen (secondary N) is 1. The van der Waals surface area contributed by atoms with Crippen LogP contribution in [0.2, 0.25) is 0 Å². The Kier molecular flexibility index (Phi) is 6.20. The minimum Gasteiger partial charge on any atom is -0.464 e. The fourth-order valence-corrected chi connectivity index (χ4v) is 7.26. The molecule has 0 spiro atoms. The standard InChI is InChI=1S/C26H42N2O2/c1-5-24(2)12-9-21-20(17-24)7-8-22-25(3,10-6-11-26(21,22)4)19-30-23(29)18-28-15-13-27-14-16-28/h5,9,20,22,27H,1,6-8,10-19H2,2-4H3/t20?,22?,24-,25-,26-/m1/s1. The van der Waals surface area contributed by atoms with E-state index < -0.39 is 0 Å². The average Bonchev–Trinajstić information content (AvgIpc) is 2.73. The summed E-state index contributed by atoms with van der Waals surface area (Å²) >= 11 is 0. The van der Waals surface area contributed by atoms with E-state index in [4.69, 9.17) is 4.74 Å². The van der Waals surface area contributed by atoms with Crippen molar-refractivity contribution < 1.29 is 9.53 Å². The van der Waals surface area contributed by atoms with E-state index in [0.29, 0.717) is 25.0 Å². The van der Waals surface area contributed by atoms with Crippen molar-refractivity contribution in [2.24, 2.45) is 28.1 Å². The Morgan fingerprint density at radius 2 is 2.03 bits per heavy atom. The normalized spacial score (nSPS) is 41.9. The van der Waals surface area contributed by atoms with Crippen molar-refractivity contribution in [3.63, 3.8) is 0 Å². The van der Waals surface area contributed by atoms with Gasteiger partial charge in [0.05, 0.1) is 13.2 Å². The highest BCUT2D eigenvalue weighted by Gasteiger charge is 2.55. The van der Waals surface area contributed by atoms with Crippen LogP contribution in [0.3, 0.4) is 0 Å². The Labute approximate surface area is 183 Å². The fourth-order valence-electron chi connectivity index (χ4n) is 7.26. The van der Waals surface area contributed by atoms with Gasteiger partial charge >= 0.3 is 5.97 Å². The predicted octanol–water partition coefficient (Wildman–Crippen LogP) is 4.57. The van der Waals surface area contributed by atoms with E-state index in [-0.39, 0.29) is 22.2 Å². The highest BCUT2D eigenvalue weighted by molar-refractivity contribution is 5.71. The van der Waals surface area contributed by atoms with Crippen LogP contribution in [0, 0.1) is 28.1 Å². The van der Waals surface area contributed by atoms with Crippen LogP contribution in [-0.2, 0) is 9.53 Å². The summed E-state index contributed by atoms with van der Waals surface area (Å²) in [4.78, 5) is 14.8. The number of esters is 1. The maximum absolute atomic E-state index is 12.6. The van der Waals surface area contributed by atoms with Gasteiger partial charge in [-0.25, -0.2) is 0 Å². The van der Waals surface area contributed by atoms with E-state index in [9.17, 15) is 4.79 Å². The maximum Gasteiger partial charge on any atom is 0.320 e. The molecule has 4 rings (SSSR count). The molecule has 0 radical (unpaired) electrons. The van der Waals surface area contributed by atoms with E-state index in [1.807, 2.05) is 0 Å². The lowest BCUT2D eigenvalue weighted by atomic mass is 9.46. The summed E-state index contributed by atoms with van der Waals surface area (Å²) in [7, 11) is 0. The molecule has 0 aromatic rings. The third-order valence-electron chi connectivity index (χ3n) is 9.08. The monoisotopic (exact) mass is 414 g/mol. The van der Waals surface area contributed by atoms with Crippen molar-refractivity contribution in [3.8, 4) is 0 Å². The van der Waals surface area contributed by atoms with Crippen molar-refractivity contribution in [1.29, 1.82) is 0 Å². The smallest absolute Gasteiger partial charge is 0.320 e. The van der Waals surface area contributed by atoms with Crippen LogP contribution in [0.25, 0.3) is 0 Å². The summed E-state index contributed by atoms with van der Waals surface area (Å²) < 4.78 is 5.93. The Balaban J connectivity index is 1.44. The topological polar surface area (TPSA) is 41.6 Å². The SMILES string of the molecule is C=C[C@]1(C)CC=C2C(CCC3[C@@](C)(COC(=O)CN4CCNCC4)CCC[C@]23C)C1. The Morgan fingerprint density at radius 1 is 1.27 bits per heavy atom. The molecular weight excluding hydrogens is 372 g/mol. The highest BCUT2D eigenvalue weighted by Crippen LogP contribution is 2.63. The van der Waals surface area contributed by atoms with Crippen molar-refractivity contribution in [3.05, 3.63) is 24.3 Å². The van der Waals surface area contributed by atoms with Crippen LogP contribution in [-0.4, -0.2) is 50.2 Å². The van der Waals surface area contributed by atoms with Gasteiger partial charge in [-0.15, -0.1) is 6.58 Å². The molecule has 0 amide bonds. The minimum atomic E-state index is -0.0438. The first-order valence-corrected chi connectivity index (χ1v) is 12.2. The second-order valence-corrected chi connectivity index (χ2v) is 11.4. The molecule has 3 fully saturated rings. The van der Waals surface area contributed by atoms with Crippen LogP contribution in [0.5, 0.6) is 0 Å². The van der Waals surface area contributed by atoms with E-state index in [1.54, 1.807) is 5.57 Å². The number of hydrogen-bond donors (Lipinski definition) is 1. The molecule has 0 bridgehead atoms. The molecule has 1 heterocycles. The first kappa shape index (κ1) is 22.1. The van der Waals surface area contributed by atoms with Gasteiger partial charge in [-0.2, -0.15) is 0 Å². The molecular formula is C26H42N2O2. The molecule has 0 aromatic carbocycles. The average molecular weight is 415 g/mol. The first-order chi connectivity index (χ1) is 14.3. The second kappa shape index (κ2) is 8.43. The number of fused-ring (bicyclic) bond motifs is 3. The summed E-state index contributed by atoms with van der Waals surface area (Å²) in [6.07, 6.45) is 13.4. The summed E-state index contributed by atoms with van der Waals surface area (Å²) in [5, 5.41) is 3.34. The fraction of sp³-hybridized carbons (Fsp3) is 0.808. The quantitative estimate of drug-likeness (QED) is 0.528. The highest BCUT2D eigenvalue weighted by atomic mass is 16.5. The van der Waals surface area contributed by atoms with Gasteiger partial charge in [-0.3, -0.25) is 9.69 Å². The summed E-state index contributed by atoms with van der Waals surface area (Å²) in [6.45, 7) is 16.2. The van der Waals surface area contributed by atoms with Crippen molar-refractivity contribution in [2.75, 3.05) is 39.3 Å². The number of nitrogens with zero attached hydrogens (tertiary/aromatic N) is 1. The Morgan fingerprint density at radius 3 is 2.77 bits per heavy atom. The third kappa shape index (κ3) is 4.14. The van der Waals surface area contributed by atoms with Gasteiger partial charge in [0.15, 0.2) is 0 Å². The van der Waals surface area contributed by atoms with Crippen molar-refractivity contribution in [2.45, 2.75) is 65.7 Å². The van der Waals surface area contributed by atoms with Crippen molar-refractivity contribution in [1.82, 2.24) is 10.2 Å². The summed E-state index contributed by atoms with van der Waals surface area (Å²) in [6, 6.07) is 0. The molecule has 3 aliphatic carbocycles. The van der Waals surface area contributed by atoms with Crippen LogP contribution < -0.4 is 5.32 Å². The van der Waals surface area contributed by atoms with Gasteiger partial charge in [-0.1, -0.05) is 44.9 Å². The van der Waals surface area contributed by atoms with Gasteiger partial charge in [0.1, 0.15) is 0 Å². The molecule has 2 saturated carbocycles. The molecule has 5 atom stereocenters. The molecule has 4 aliphatic rings. The minimum absolute atomic E-state index is 0.0438. The van der Waals surface area contributed by atoms with Gasteiger partial charge in [-0.05, 0) is 61.2 Å². The van der Waals surface area contributed by atoms with E-state index in [1.165, 1.54) is 38.5 Å². The molecule has 0 aromatic heterocycles. The van der Waals surface area contributed by atoms with E-state index >= 15 is 0 Å². The molecule has 1 saturated heterocycles. The number of piperazine rings is 1. The van der Waals surface area contributed by atoms with Crippen LogP contribution >= 0.6 is 0 Å². The largest absolute Gasteiger partial charge is 0.464 e. The van der Waals surface area contributed by atoms with Crippen LogP contribution in [0.15, 0.2) is 24.3 Å². The Bertz CT molecular complexity index is 697. The number of hydrogen-bond acceptors (Lipinski definition) is 4. The molecule has 2 unspecified atom stereocenters. The third-order valence-corrected chi connectivity index (χ3v) is 9.08. The number of allylic oxidation sites excluding steroid dienone is 3. The van der Waals surface area contributed by atoms with Gasteiger partial charge in [0.25, 0.3) is 0 Å².